The fourth-order valence-electron chi connectivity index (χ4n) is 2.54. The number of aromatic nitrogens is 2. The zero-order valence-corrected chi connectivity index (χ0v) is 18.3. The van der Waals surface area contributed by atoms with Gasteiger partial charge in [-0.1, -0.05) is 36.0 Å². The number of amides is 2. The van der Waals surface area contributed by atoms with Gasteiger partial charge in [0.1, 0.15) is 5.75 Å². The molecule has 32 heavy (non-hydrogen) atoms. The van der Waals surface area contributed by atoms with Gasteiger partial charge in [0, 0.05) is 0 Å². The highest BCUT2D eigenvalue weighted by molar-refractivity contribution is 7.99. The van der Waals surface area contributed by atoms with Crippen LogP contribution in [-0.2, 0) is 16.0 Å². The molecule has 2 amide bonds. The van der Waals surface area contributed by atoms with E-state index in [1.54, 1.807) is 44.6 Å². The van der Waals surface area contributed by atoms with Gasteiger partial charge in [-0.15, -0.1) is 10.2 Å². The van der Waals surface area contributed by atoms with Gasteiger partial charge in [-0.3, -0.25) is 20.4 Å². The number of hydrogen-bond acceptors (Lipinski definition) is 9. The number of benzene rings is 2. The zero-order chi connectivity index (χ0) is 22.8. The van der Waals surface area contributed by atoms with Crippen molar-refractivity contribution in [2.75, 3.05) is 26.6 Å². The summed E-state index contributed by atoms with van der Waals surface area (Å²) in [6, 6.07) is 14.4. The van der Waals surface area contributed by atoms with E-state index in [1.807, 2.05) is 18.2 Å². The maximum absolute atomic E-state index is 11.9. The monoisotopic (exact) mass is 458 g/mol. The highest BCUT2D eigenvalue weighted by Crippen LogP contribution is 2.28. The van der Waals surface area contributed by atoms with Crippen LogP contribution in [0.5, 0.6) is 17.2 Å². The Morgan fingerprint density at radius 1 is 0.969 bits per heavy atom. The summed E-state index contributed by atoms with van der Waals surface area (Å²) in [6.07, 6.45) is 0.400. The Bertz CT molecular complexity index is 1040. The van der Waals surface area contributed by atoms with E-state index in [-0.39, 0.29) is 17.6 Å². The molecular formula is C21H22N4O6S. The molecule has 3 aromatic rings. The molecule has 2 N–H and O–H groups in total. The second-order valence-electron chi connectivity index (χ2n) is 6.31. The molecule has 11 heteroatoms. The lowest BCUT2D eigenvalue weighted by Gasteiger charge is -2.08. The topological polar surface area (TPSA) is 125 Å². The van der Waals surface area contributed by atoms with Gasteiger partial charge in [-0.05, 0) is 29.8 Å². The molecule has 1 aromatic heterocycles. The number of carbonyl (C=O) groups is 2. The molecule has 0 fully saturated rings. The number of nitrogens with zero attached hydrogens (tertiary/aromatic N) is 2. The van der Waals surface area contributed by atoms with Crippen LogP contribution < -0.4 is 25.1 Å². The predicted octanol–water partition coefficient (Wildman–Crippen LogP) is 2.00. The number of rotatable bonds is 10. The van der Waals surface area contributed by atoms with Crippen LogP contribution in [0.2, 0.25) is 0 Å². The van der Waals surface area contributed by atoms with Gasteiger partial charge in [-0.2, -0.15) is 0 Å². The quantitative estimate of drug-likeness (QED) is 0.347. The average Bonchev–Trinajstić information content (AvgIpc) is 3.27. The minimum Gasteiger partial charge on any atom is -0.493 e. The molecule has 10 nitrogen and oxygen atoms in total. The van der Waals surface area contributed by atoms with E-state index in [2.05, 4.69) is 21.0 Å². The van der Waals surface area contributed by atoms with Crippen molar-refractivity contribution in [1.29, 1.82) is 0 Å². The third-order valence-electron chi connectivity index (χ3n) is 4.03. The Morgan fingerprint density at radius 3 is 2.47 bits per heavy atom. The van der Waals surface area contributed by atoms with Crippen LogP contribution in [0.4, 0.5) is 0 Å². The van der Waals surface area contributed by atoms with Crippen LogP contribution in [0.1, 0.15) is 11.5 Å². The number of carbonyl (C=O) groups excluding carboxylic acids is 2. The van der Waals surface area contributed by atoms with Crippen molar-refractivity contribution in [1.82, 2.24) is 21.0 Å². The van der Waals surface area contributed by atoms with Crippen LogP contribution in [0.3, 0.4) is 0 Å². The number of para-hydroxylation sites is 1. The summed E-state index contributed by atoms with van der Waals surface area (Å²) in [5.41, 5.74) is 5.49. The standard InChI is InChI=1S/C21H22N4O6S/c1-28-16-9-8-14(10-17(16)29-2)11-20-24-25-21(31-20)32-13-19(27)23-22-18(26)12-30-15-6-4-3-5-7-15/h3-10H,11-13H2,1-2H3,(H,22,26)(H,23,27). The normalized spacial score (nSPS) is 10.3. The predicted molar refractivity (Wildman–Crippen MR) is 116 cm³/mol. The summed E-state index contributed by atoms with van der Waals surface area (Å²) in [6.45, 7) is -0.222. The molecule has 0 aliphatic carbocycles. The highest BCUT2D eigenvalue weighted by atomic mass is 32.2. The molecule has 3 rings (SSSR count). The van der Waals surface area contributed by atoms with Crippen molar-refractivity contribution < 1.29 is 28.2 Å². The van der Waals surface area contributed by atoms with Gasteiger partial charge in [-0.25, -0.2) is 0 Å². The van der Waals surface area contributed by atoms with Gasteiger partial charge >= 0.3 is 0 Å². The van der Waals surface area contributed by atoms with Gasteiger partial charge in [0.2, 0.25) is 11.8 Å². The molecule has 0 unspecified atom stereocenters. The minimum absolute atomic E-state index is 0.0161. The summed E-state index contributed by atoms with van der Waals surface area (Å²) in [5.74, 6) is 1.26. The molecule has 0 bridgehead atoms. The number of nitrogens with one attached hydrogen (secondary N) is 2. The summed E-state index contributed by atoms with van der Waals surface area (Å²) >= 11 is 1.06. The van der Waals surface area contributed by atoms with E-state index in [9.17, 15) is 9.59 Å². The highest BCUT2D eigenvalue weighted by Gasteiger charge is 2.12. The summed E-state index contributed by atoms with van der Waals surface area (Å²) in [7, 11) is 3.13. The maximum atomic E-state index is 11.9. The Morgan fingerprint density at radius 2 is 1.72 bits per heavy atom. The van der Waals surface area contributed by atoms with E-state index in [0.717, 1.165) is 17.3 Å². The molecule has 2 aromatic carbocycles. The third-order valence-corrected chi connectivity index (χ3v) is 4.85. The molecule has 0 saturated heterocycles. The smallest absolute Gasteiger partial charge is 0.277 e. The molecule has 168 valence electrons. The molecule has 1 heterocycles. The molecule has 0 saturated carbocycles. The van der Waals surface area contributed by atoms with Crippen molar-refractivity contribution in [3.63, 3.8) is 0 Å². The first-order valence-electron chi connectivity index (χ1n) is 9.49. The fraction of sp³-hybridized carbons (Fsp3) is 0.238. The minimum atomic E-state index is -0.484. The van der Waals surface area contributed by atoms with E-state index in [1.165, 1.54) is 0 Å². The van der Waals surface area contributed by atoms with Gasteiger partial charge < -0.3 is 18.6 Å². The lowest BCUT2D eigenvalue weighted by Crippen LogP contribution is -2.44. The van der Waals surface area contributed by atoms with E-state index < -0.39 is 11.8 Å². The number of methoxy groups -OCH3 is 2. The second-order valence-corrected chi connectivity index (χ2v) is 7.24. The number of hydrazine groups is 1. The maximum Gasteiger partial charge on any atom is 0.277 e. The van der Waals surface area contributed by atoms with Crippen molar-refractivity contribution in [2.24, 2.45) is 0 Å². The summed E-state index contributed by atoms with van der Waals surface area (Å²) in [5, 5.41) is 8.15. The first kappa shape index (κ1) is 22.9. The van der Waals surface area contributed by atoms with Crippen LogP contribution >= 0.6 is 11.8 Å². The SMILES string of the molecule is COc1ccc(Cc2nnc(SCC(=O)NNC(=O)COc3ccccc3)o2)cc1OC. The van der Waals surface area contributed by atoms with Crippen LogP contribution in [0.15, 0.2) is 58.2 Å². The lowest BCUT2D eigenvalue weighted by atomic mass is 10.1. The summed E-state index contributed by atoms with van der Waals surface area (Å²) in [4.78, 5) is 23.7. The van der Waals surface area contributed by atoms with Gasteiger partial charge in [0.15, 0.2) is 18.1 Å². The summed E-state index contributed by atoms with van der Waals surface area (Å²) < 4.78 is 21.4. The van der Waals surface area contributed by atoms with Gasteiger partial charge in [0.05, 0.1) is 26.4 Å². The molecular weight excluding hydrogens is 436 g/mol. The number of thioether (sulfide) groups is 1. The fourth-order valence-corrected chi connectivity index (χ4v) is 3.12. The van der Waals surface area contributed by atoms with Crippen LogP contribution in [0.25, 0.3) is 0 Å². The van der Waals surface area contributed by atoms with Crippen LogP contribution in [-0.4, -0.2) is 48.6 Å². The first-order valence-corrected chi connectivity index (χ1v) is 10.5. The largest absolute Gasteiger partial charge is 0.493 e. The molecule has 0 atom stereocenters. The van der Waals surface area contributed by atoms with E-state index >= 15 is 0 Å². The Kier molecular flexibility index (Phi) is 8.32. The van der Waals surface area contributed by atoms with E-state index in [0.29, 0.717) is 29.6 Å². The van der Waals surface area contributed by atoms with Crippen molar-refractivity contribution in [3.8, 4) is 17.2 Å². The van der Waals surface area contributed by atoms with E-state index in [4.69, 9.17) is 18.6 Å². The zero-order valence-electron chi connectivity index (χ0n) is 17.5. The van der Waals surface area contributed by atoms with Crippen molar-refractivity contribution in [3.05, 3.63) is 60.0 Å². The molecule has 0 radical (unpaired) electrons. The van der Waals surface area contributed by atoms with Crippen LogP contribution in [0, 0.1) is 0 Å². The Balaban J connectivity index is 1.40. The first-order chi connectivity index (χ1) is 15.6. The third kappa shape index (κ3) is 6.91. The van der Waals surface area contributed by atoms with Crippen molar-refractivity contribution in [2.45, 2.75) is 11.6 Å². The molecule has 0 aliphatic rings. The van der Waals surface area contributed by atoms with Crippen molar-refractivity contribution >= 4 is 23.6 Å². The second kappa shape index (κ2) is 11.6. The molecule has 0 spiro atoms. The number of ether oxygens (including phenoxy) is 3. The molecule has 0 aliphatic heterocycles. The number of hydrogen-bond donors (Lipinski definition) is 2. The Labute approximate surface area is 188 Å². The Hall–Kier alpha value is -3.73. The van der Waals surface area contributed by atoms with Gasteiger partial charge in [0.25, 0.3) is 11.1 Å². The average molecular weight is 458 g/mol. The lowest BCUT2D eigenvalue weighted by molar-refractivity contribution is -0.128.